The first kappa shape index (κ1) is 13.6. The highest BCUT2D eigenvalue weighted by molar-refractivity contribution is 6.31. The van der Waals surface area contributed by atoms with Crippen molar-refractivity contribution in [2.45, 2.75) is 26.3 Å². The van der Waals surface area contributed by atoms with Gasteiger partial charge in [0.15, 0.2) is 0 Å². The van der Waals surface area contributed by atoms with E-state index in [9.17, 15) is 4.79 Å². The summed E-state index contributed by atoms with van der Waals surface area (Å²) in [5.74, 6) is -0.0529. The number of halogens is 1. The molecule has 1 amide bonds. The number of anilines is 1. The van der Waals surface area contributed by atoms with Gasteiger partial charge >= 0.3 is 0 Å². The molecule has 1 atom stereocenters. The van der Waals surface area contributed by atoms with Gasteiger partial charge in [0, 0.05) is 29.5 Å². The summed E-state index contributed by atoms with van der Waals surface area (Å²) in [5.41, 5.74) is 1.71. The summed E-state index contributed by atoms with van der Waals surface area (Å²) in [7, 11) is 0. The summed E-state index contributed by atoms with van der Waals surface area (Å²) in [6, 6.07) is 7.35. The topological polar surface area (TPSA) is 46.9 Å². The van der Waals surface area contributed by atoms with E-state index in [2.05, 4.69) is 10.4 Å². The molecule has 1 aromatic carbocycles. The molecule has 4 nitrogen and oxygen atoms in total. The Balaban J connectivity index is 1.95. The van der Waals surface area contributed by atoms with Crippen LogP contribution in [0.2, 0.25) is 5.02 Å². The summed E-state index contributed by atoms with van der Waals surface area (Å²) in [6.45, 7) is 3.88. The molecule has 0 aliphatic carbocycles. The Morgan fingerprint density at radius 1 is 1.53 bits per heavy atom. The molecule has 0 radical (unpaired) electrons. The highest BCUT2D eigenvalue weighted by Gasteiger charge is 2.11. The number of benzene rings is 1. The molecule has 1 N–H and O–H groups in total. The van der Waals surface area contributed by atoms with Crippen molar-refractivity contribution in [3.05, 3.63) is 47.2 Å². The van der Waals surface area contributed by atoms with Crippen molar-refractivity contribution in [1.82, 2.24) is 9.78 Å². The van der Waals surface area contributed by atoms with Gasteiger partial charge in [-0.15, -0.1) is 0 Å². The van der Waals surface area contributed by atoms with Gasteiger partial charge in [0.1, 0.15) is 0 Å². The largest absolute Gasteiger partial charge is 0.326 e. The lowest BCUT2D eigenvalue weighted by molar-refractivity contribution is -0.116. The number of carbonyl (C=O) groups excluding carboxylic acids is 1. The van der Waals surface area contributed by atoms with Crippen molar-refractivity contribution in [3.63, 3.8) is 0 Å². The molecule has 0 saturated carbocycles. The van der Waals surface area contributed by atoms with Crippen LogP contribution in [-0.4, -0.2) is 15.7 Å². The Hall–Kier alpha value is -1.81. The molecule has 1 heterocycles. The Labute approximate surface area is 117 Å². The van der Waals surface area contributed by atoms with Gasteiger partial charge in [-0.25, -0.2) is 0 Å². The number of aryl methyl sites for hydroxylation is 1. The van der Waals surface area contributed by atoms with Crippen molar-refractivity contribution < 1.29 is 4.79 Å². The summed E-state index contributed by atoms with van der Waals surface area (Å²) < 4.78 is 1.77. The summed E-state index contributed by atoms with van der Waals surface area (Å²) in [6.07, 6.45) is 3.92. The lowest BCUT2D eigenvalue weighted by Gasteiger charge is -2.12. The van der Waals surface area contributed by atoms with Gasteiger partial charge in [0.05, 0.1) is 6.04 Å². The van der Waals surface area contributed by atoms with E-state index in [1.807, 2.05) is 38.2 Å². The molecule has 1 aromatic heterocycles. The SMILES string of the molecule is Cc1ccc(NC(=O)CC(C)n2cccn2)cc1Cl. The summed E-state index contributed by atoms with van der Waals surface area (Å²) in [5, 5.41) is 7.61. The van der Waals surface area contributed by atoms with Crippen LogP contribution in [0.15, 0.2) is 36.7 Å². The third-order valence-electron chi connectivity index (χ3n) is 2.91. The maximum atomic E-state index is 11.9. The molecule has 100 valence electrons. The monoisotopic (exact) mass is 277 g/mol. The summed E-state index contributed by atoms with van der Waals surface area (Å²) >= 11 is 6.02. The minimum atomic E-state index is -0.0529. The van der Waals surface area contributed by atoms with Crippen LogP contribution in [0, 0.1) is 6.92 Å². The minimum Gasteiger partial charge on any atom is -0.326 e. The normalized spacial score (nSPS) is 12.2. The second-order valence-corrected chi connectivity index (χ2v) is 4.96. The molecule has 0 fully saturated rings. The molecule has 19 heavy (non-hydrogen) atoms. The smallest absolute Gasteiger partial charge is 0.226 e. The zero-order valence-electron chi connectivity index (χ0n) is 10.9. The van der Waals surface area contributed by atoms with E-state index in [0.717, 1.165) is 5.56 Å². The number of hydrogen-bond acceptors (Lipinski definition) is 2. The van der Waals surface area contributed by atoms with Crippen molar-refractivity contribution in [1.29, 1.82) is 0 Å². The highest BCUT2D eigenvalue weighted by Crippen LogP contribution is 2.20. The van der Waals surface area contributed by atoms with Crippen molar-refractivity contribution in [3.8, 4) is 0 Å². The van der Waals surface area contributed by atoms with Gasteiger partial charge in [-0.3, -0.25) is 9.48 Å². The Bertz CT molecular complexity index is 566. The fourth-order valence-corrected chi connectivity index (χ4v) is 1.97. The number of carbonyl (C=O) groups is 1. The highest BCUT2D eigenvalue weighted by atomic mass is 35.5. The molecule has 0 bridgehead atoms. The van der Waals surface area contributed by atoms with Crippen molar-refractivity contribution >= 4 is 23.2 Å². The van der Waals surface area contributed by atoms with E-state index in [0.29, 0.717) is 17.1 Å². The number of nitrogens with one attached hydrogen (secondary N) is 1. The predicted octanol–water partition coefficient (Wildman–Crippen LogP) is 3.43. The van der Waals surface area contributed by atoms with E-state index in [4.69, 9.17) is 11.6 Å². The van der Waals surface area contributed by atoms with E-state index in [-0.39, 0.29) is 11.9 Å². The Morgan fingerprint density at radius 2 is 2.32 bits per heavy atom. The third-order valence-corrected chi connectivity index (χ3v) is 3.32. The van der Waals surface area contributed by atoms with Gasteiger partial charge in [-0.1, -0.05) is 17.7 Å². The van der Waals surface area contributed by atoms with Gasteiger partial charge in [-0.05, 0) is 37.6 Å². The lowest BCUT2D eigenvalue weighted by Crippen LogP contribution is -2.17. The van der Waals surface area contributed by atoms with Gasteiger partial charge in [-0.2, -0.15) is 5.10 Å². The molecule has 0 spiro atoms. The van der Waals surface area contributed by atoms with Crippen LogP contribution >= 0.6 is 11.6 Å². The average molecular weight is 278 g/mol. The first-order valence-electron chi connectivity index (χ1n) is 6.11. The molecule has 0 saturated heterocycles. The minimum absolute atomic E-state index is 0.0240. The average Bonchev–Trinajstić information content (AvgIpc) is 2.87. The summed E-state index contributed by atoms with van der Waals surface area (Å²) in [4.78, 5) is 11.9. The van der Waals surface area contributed by atoms with Gasteiger partial charge in [0.2, 0.25) is 5.91 Å². The van der Waals surface area contributed by atoms with Gasteiger partial charge < -0.3 is 5.32 Å². The Kier molecular flexibility index (Phi) is 4.22. The van der Waals surface area contributed by atoms with Crippen LogP contribution in [0.25, 0.3) is 0 Å². The third kappa shape index (κ3) is 3.58. The van der Waals surface area contributed by atoms with Crippen LogP contribution in [0.1, 0.15) is 24.9 Å². The van der Waals surface area contributed by atoms with E-state index >= 15 is 0 Å². The number of nitrogens with zero attached hydrogens (tertiary/aromatic N) is 2. The fourth-order valence-electron chi connectivity index (χ4n) is 1.79. The molecular weight excluding hydrogens is 262 g/mol. The van der Waals surface area contributed by atoms with E-state index in [1.165, 1.54) is 0 Å². The second kappa shape index (κ2) is 5.89. The molecule has 2 aromatic rings. The number of rotatable bonds is 4. The second-order valence-electron chi connectivity index (χ2n) is 4.55. The van der Waals surface area contributed by atoms with Crippen molar-refractivity contribution in [2.75, 3.05) is 5.32 Å². The predicted molar refractivity (Wildman–Crippen MR) is 76.4 cm³/mol. The zero-order chi connectivity index (χ0) is 13.8. The number of aromatic nitrogens is 2. The van der Waals surface area contributed by atoms with E-state index in [1.54, 1.807) is 16.9 Å². The lowest BCUT2D eigenvalue weighted by atomic mass is 10.2. The molecule has 1 unspecified atom stereocenters. The quantitative estimate of drug-likeness (QED) is 0.931. The Morgan fingerprint density at radius 3 is 2.95 bits per heavy atom. The molecular formula is C14H16ClN3O. The van der Waals surface area contributed by atoms with Crippen LogP contribution in [-0.2, 0) is 4.79 Å². The zero-order valence-corrected chi connectivity index (χ0v) is 11.7. The first-order chi connectivity index (χ1) is 9.06. The molecule has 0 aliphatic rings. The molecule has 5 heteroatoms. The first-order valence-corrected chi connectivity index (χ1v) is 6.49. The van der Waals surface area contributed by atoms with Gasteiger partial charge in [0.25, 0.3) is 0 Å². The fraction of sp³-hybridized carbons (Fsp3) is 0.286. The van der Waals surface area contributed by atoms with E-state index < -0.39 is 0 Å². The number of amides is 1. The van der Waals surface area contributed by atoms with Crippen molar-refractivity contribution in [2.24, 2.45) is 0 Å². The van der Waals surface area contributed by atoms with Crippen LogP contribution in [0.3, 0.4) is 0 Å². The maximum Gasteiger partial charge on any atom is 0.226 e. The molecule has 0 aliphatic heterocycles. The van der Waals surface area contributed by atoms with Crippen LogP contribution in [0.5, 0.6) is 0 Å². The standard InChI is InChI=1S/C14H16ClN3O/c1-10-4-5-12(9-13(10)15)17-14(19)8-11(2)18-7-3-6-16-18/h3-7,9,11H,8H2,1-2H3,(H,17,19). The number of hydrogen-bond donors (Lipinski definition) is 1. The van der Waals surface area contributed by atoms with Crippen LogP contribution in [0.4, 0.5) is 5.69 Å². The maximum absolute atomic E-state index is 11.9. The van der Waals surface area contributed by atoms with Crippen LogP contribution < -0.4 is 5.32 Å². The molecule has 2 rings (SSSR count).